The molecule has 0 spiro atoms. The molecule has 1 atom stereocenters. The minimum Gasteiger partial charge on any atom is -0.481 e. The summed E-state index contributed by atoms with van der Waals surface area (Å²) < 4.78 is 0. The van der Waals surface area contributed by atoms with Crippen molar-refractivity contribution in [3.63, 3.8) is 0 Å². The summed E-state index contributed by atoms with van der Waals surface area (Å²) >= 11 is 0. The second-order valence-corrected chi connectivity index (χ2v) is 3.19. The Bertz CT molecular complexity index is 213. The number of aliphatic hydroxyl groups is 1. The van der Waals surface area contributed by atoms with E-state index in [0.29, 0.717) is 19.5 Å². The van der Waals surface area contributed by atoms with Crippen molar-refractivity contribution in [3.8, 4) is 6.07 Å². The van der Waals surface area contributed by atoms with E-state index in [-0.39, 0.29) is 13.2 Å². The molecule has 0 heterocycles. The Morgan fingerprint density at radius 2 is 2.21 bits per heavy atom. The van der Waals surface area contributed by atoms with E-state index in [4.69, 9.17) is 15.5 Å². The van der Waals surface area contributed by atoms with E-state index in [0.717, 1.165) is 0 Å². The largest absolute Gasteiger partial charge is 0.481 e. The van der Waals surface area contributed by atoms with E-state index >= 15 is 0 Å². The highest BCUT2D eigenvalue weighted by Gasteiger charge is 2.12. The quantitative estimate of drug-likeness (QED) is 0.561. The molecule has 14 heavy (non-hydrogen) atoms. The molecule has 1 unspecified atom stereocenters. The summed E-state index contributed by atoms with van der Waals surface area (Å²) in [5, 5.41) is 25.7. The first-order chi connectivity index (χ1) is 6.61. The Kier molecular flexibility index (Phi) is 6.72. The summed E-state index contributed by atoms with van der Waals surface area (Å²) in [6.07, 6.45) is 0.497. The van der Waals surface area contributed by atoms with Crippen LogP contribution in [0.25, 0.3) is 0 Å². The van der Waals surface area contributed by atoms with Crippen LogP contribution in [-0.2, 0) is 4.79 Å². The number of hydrogen-bond acceptors (Lipinski definition) is 4. The summed E-state index contributed by atoms with van der Waals surface area (Å²) in [6, 6.07) is 1.97. The molecule has 0 radical (unpaired) electrons. The topological polar surface area (TPSA) is 84.6 Å². The van der Waals surface area contributed by atoms with Crippen LogP contribution in [0.15, 0.2) is 0 Å². The fraction of sp³-hybridized carbons (Fsp3) is 0.778. The fourth-order valence-electron chi connectivity index (χ4n) is 1.01. The number of nitriles is 1. The van der Waals surface area contributed by atoms with Gasteiger partial charge in [-0.05, 0) is 6.42 Å². The van der Waals surface area contributed by atoms with Gasteiger partial charge in [-0.15, -0.1) is 0 Å². The van der Waals surface area contributed by atoms with Gasteiger partial charge in [0.1, 0.15) is 0 Å². The van der Waals surface area contributed by atoms with Crippen molar-refractivity contribution in [2.24, 2.45) is 5.92 Å². The summed E-state index contributed by atoms with van der Waals surface area (Å²) in [7, 11) is 0. The molecule has 5 heteroatoms. The molecule has 0 aliphatic heterocycles. The molecule has 0 rings (SSSR count). The van der Waals surface area contributed by atoms with E-state index < -0.39 is 11.9 Å². The normalized spacial score (nSPS) is 12.4. The van der Waals surface area contributed by atoms with Crippen LogP contribution in [0.3, 0.4) is 0 Å². The Hall–Kier alpha value is -1.12. The number of rotatable bonds is 7. The standard InChI is InChI=1S/C9H16N2O3/c1-8(9(13)14)2-4-11(5-3-10)6-7-12/h8,12H,2,4-7H2,1H3,(H,13,14). The highest BCUT2D eigenvalue weighted by Crippen LogP contribution is 2.03. The number of carboxylic acids is 1. The van der Waals surface area contributed by atoms with Crippen LogP contribution in [0.2, 0.25) is 0 Å². The van der Waals surface area contributed by atoms with Crippen LogP contribution < -0.4 is 0 Å². The predicted molar refractivity (Wildman–Crippen MR) is 50.6 cm³/mol. The smallest absolute Gasteiger partial charge is 0.306 e. The van der Waals surface area contributed by atoms with Gasteiger partial charge < -0.3 is 10.2 Å². The number of carbonyl (C=O) groups is 1. The third kappa shape index (κ3) is 5.51. The Balaban J connectivity index is 3.81. The van der Waals surface area contributed by atoms with Crippen LogP contribution in [0, 0.1) is 17.2 Å². The van der Waals surface area contributed by atoms with Gasteiger partial charge in [0, 0.05) is 13.1 Å². The van der Waals surface area contributed by atoms with Crippen LogP contribution in [-0.4, -0.2) is 47.3 Å². The molecule has 0 bridgehead atoms. The number of aliphatic carboxylic acids is 1. The van der Waals surface area contributed by atoms with Gasteiger partial charge in [-0.1, -0.05) is 6.92 Å². The van der Waals surface area contributed by atoms with E-state index in [1.54, 1.807) is 11.8 Å². The summed E-state index contributed by atoms with van der Waals surface area (Å²) in [4.78, 5) is 12.2. The lowest BCUT2D eigenvalue weighted by Gasteiger charge is -2.18. The highest BCUT2D eigenvalue weighted by atomic mass is 16.4. The van der Waals surface area contributed by atoms with Gasteiger partial charge in [0.15, 0.2) is 0 Å². The summed E-state index contributed by atoms with van der Waals surface area (Å²) in [6.45, 7) is 2.79. The second-order valence-electron chi connectivity index (χ2n) is 3.19. The van der Waals surface area contributed by atoms with Crippen LogP contribution in [0.4, 0.5) is 0 Å². The summed E-state index contributed by atoms with van der Waals surface area (Å²) in [5.41, 5.74) is 0. The number of hydrogen-bond donors (Lipinski definition) is 2. The van der Waals surface area contributed by atoms with Gasteiger partial charge in [-0.25, -0.2) is 0 Å². The molecule has 0 aromatic rings. The number of carboxylic acid groups (broad SMARTS) is 1. The van der Waals surface area contributed by atoms with Gasteiger partial charge in [0.05, 0.1) is 25.1 Å². The molecule has 5 nitrogen and oxygen atoms in total. The molecular weight excluding hydrogens is 184 g/mol. The Labute approximate surface area is 83.6 Å². The molecule has 0 fully saturated rings. The average Bonchev–Trinajstić information content (AvgIpc) is 2.14. The van der Waals surface area contributed by atoms with Crippen LogP contribution in [0.1, 0.15) is 13.3 Å². The van der Waals surface area contributed by atoms with Crippen molar-refractivity contribution in [1.29, 1.82) is 5.26 Å². The SMILES string of the molecule is CC(CCN(CC#N)CCO)C(=O)O. The molecule has 0 aromatic carbocycles. The minimum absolute atomic E-state index is 0.0108. The molecule has 0 aliphatic rings. The zero-order valence-electron chi connectivity index (χ0n) is 8.31. The molecule has 0 aromatic heterocycles. The Morgan fingerprint density at radius 1 is 1.57 bits per heavy atom. The molecule has 2 N–H and O–H groups in total. The first-order valence-corrected chi connectivity index (χ1v) is 4.54. The molecule has 80 valence electrons. The third-order valence-corrected chi connectivity index (χ3v) is 2.01. The lowest BCUT2D eigenvalue weighted by molar-refractivity contribution is -0.141. The Morgan fingerprint density at radius 3 is 2.64 bits per heavy atom. The van der Waals surface area contributed by atoms with Gasteiger partial charge in [-0.3, -0.25) is 9.69 Å². The second kappa shape index (κ2) is 7.30. The molecule has 0 aliphatic carbocycles. The molecule has 0 saturated heterocycles. The monoisotopic (exact) mass is 200 g/mol. The third-order valence-electron chi connectivity index (χ3n) is 2.01. The zero-order chi connectivity index (χ0) is 11.0. The maximum atomic E-state index is 10.5. The van der Waals surface area contributed by atoms with Crippen molar-refractivity contribution in [3.05, 3.63) is 0 Å². The van der Waals surface area contributed by atoms with Gasteiger partial charge in [-0.2, -0.15) is 5.26 Å². The van der Waals surface area contributed by atoms with Crippen molar-refractivity contribution in [2.45, 2.75) is 13.3 Å². The fourth-order valence-corrected chi connectivity index (χ4v) is 1.01. The maximum Gasteiger partial charge on any atom is 0.306 e. The van der Waals surface area contributed by atoms with Crippen molar-refractivity contribution in [2.75, 3.05) is 26.2 Å². The maximum absolute atomic E-state index is 10.5. The minimum atomic E-state index is -0.828. The highest BCUT2D eigenvalue weighted by molar-refractivity contribution is 5.69. The molecular formula is C9H16N2O3. The predicted octanol–water partition coefficient (Wildman–Crippen LogP) is -0.0849. The number of aliphatic hydroxyl groups excluding tert-OH is 1. The van der Waals surface area contributed by atoms with E-state index in [1.807, 2.05) is 6.07 Å². The first kappa shape index (κ1) is 12.9. The van der Waals surface area contributed by atoms with Crippen LogP contribution >= 0.6 is 0 Å². The lowest BCUT2D eigenvalue weighted by Crippen LogP contribution is -2.30. The lowest BCUT2D eigenvalue weighted by atomic mass is 10.1. The van der Waals surface area contributed by atoms with Crippen molar-refractivity contribution in [1.82, 2.24) is 4.90 Å². The first-order valence-electron chi connectivity index (χ1n) is 4.54. The van der Waals surface area contributed by atoms with E-state index in [1.165, 1.54) is 0 Å². The molecule has 0 amide bonds. The van der Waals surface area contributed by atoms with E-state index in [2.05, 4.69) is 0 Å². The van der Waals surface area contributed by atoms with Gasteiger partial charge >= 0.3 is 5.97 Å². The summed E-state index contributed by atoms with van der Waals surface area (Å²) in [5.74, 6) is -1.24. The van der Waals surface area contributed by atoms with Crippen molar-refractivity contribution >= 4 is 5.97 Å². The molecule has 0 saturated carbocycles. The zero-order valence-corrected chi connectivity index (χ0v) is 8.31. The average molecular weight is 200 g/mol. The number of nitrogens with zero attached hydrogens (tertiary/aromatic N) is 2. The van der Waals surface area contributed by atoms with Crippen LogP contribution in [0.5, 0.6) is 0 Å². The van der Waals surface area contributed by atoms with Gasteiger partial charge in [0.2, 0.25) is 0 Å². The van der Waals surface area contributed by atoms with Crippen molar-refractivity contribution < 1.29 is 15.0 Å². The van der Waals surface area contributed by atoms with E-state index in [9.17, 15) is 4.79 Å². The van der Waals surface area contributed by atoms with Gasteiger partial charge in [0.25, 0.3) is 0 Å².